The van der Waals surface area contributed by atoms with Gasteiger partial charge < -0.3 is 14.7 Å². The summed E-state index contributed by atoms with van der Waals surface area (Å²) in [4.78, 5) is 21.8. The van der Waals surface area contributed by atoms with Crippen molar-refractivity contribution >= 4 is 29.4 Å². The summed E-state index contributed by atoms with van der Waals surface area (Å²) in [5, 5.41) is 8.38. The summed E-state index contributed by atoms with van der Waals surface area (Å²) in [7, 11) is 0. The Hall–Kier alpha value is -1.70. The van der Waals surface area contributed by atoms with E-state index in [0.717, 1.165) is 56.8 Å². The molecule has 2 fully saturated rings. The quantitative estimate of drug-likeness (QED) is 0.841. The predicted octanol–water partition coefficient (Wildman–Crippen LogP) is 2.06. The molecule has 4 rings (SSSR count). The second kappa shape index (κ2) is 7.73. The first-order valence-corrected chi connectivity index (χ1v) is 9.43. The molecule has 1 amide bonds. The Morgan fingerprint density at radius 1 is 1.26 bits per heavy atom. The van der Waals surface area contributed by atoms with Crippen LogP contribution in [0, 0.1) is 0 Å². The Kier molecular flexibility index (Phi) is 5.74. The van der Waals surface area contributed by atoms with Crippen LogP contribution in [0.1, 0.15) is 43.2 Å². The number of aromatic nitrogens is 2. The number of rotatable bonds is 2. The van der Waals surface area contributed by atoms with Crippen molar-refractivity contribution in [3.63, 3.8) is 0 Å². The lowest BCUT2D eigenvalue weighted by Gasteiger charge is -2.32. The molecule has 0 bridgehead atoms. The monoisotopic (exact) mass is 393 g/mol. The van der Waals surface area contributed by atoms with Crippen molar-refractivity contribution in [1.82, 2.24) is 25.3 Å². The fourth-order valence-corrected chi connectivity index (χ4v) is 3.94. The van der Waals surface area contributed by atoms with E-state index in [4.69, 9.17) is 4.52 Å². The van der Waals surface area contributed by atoms with Crippen LogP contribution in [-0.4, -0.2) is 71.2 Å². The largest absolute Gasteiger partial charge is 0.337 e. The van der Waals surface area contributed by atoms with E-state index in [-0.39, 0.29) is 23.7 Å². The van der Waals surface area contributed by atoms with Crippen LogP contribution in [0.25, 0.3) is 11.1 Å². The Morgan fingerprint density at radius 2 is 2.00 bits per heavy atom. The van der Waals surface area contributed by atoms with E-state index >= 15 is 0 Å². The van der Waals surface area contributed by atoms with Gasteiger partial charge in [0, 0.05) is 56.9 Å². The number of nitrogens with one attached hydrogen (secondary N) is 1. The summed E-state index contributed by atoms with van der Waals surface area (Å²) >= 11 is 0. The maximum absolute atomic E-state index is 13.0. The number of nitrogens with zero attached hydrogens (tertiary/aromatic N) is 4. The van der Waals surface area contributed by atoms with Crippen molar-refractivity contribution in [2.45, 2.75) is 38.6 Å². The van der Waals surface area contributed by atoms with E-state index in [9.17, 15) is 4.79 Å². The van der Waals surface area contributed by atoms with E-state index in [1.54, 1.807) is 6.20 Å². The molecule has 2 aromatic rings. The van der Waals surface area contributed by atoms with Gasteiger partial charge in [-0.3, -0.25) is 9.69 Å². The van der Waals surface area contributed by atoms with Gasteiger partial charge in [0.1, 0.15) is 0 Å². The van der Waals surface area contributed by atoms with Crippen LogP contribution >= 0.6 is 12.4 Å². The average molecular weight is 394 g/mol. The van der Waals surface area contributed by atoms with Crippen molar-refractivity contribution in [2.75, 3.05) is 39.3 Å². The summed E-state index contributed by atoms with van der Waals surface area (Å²) in [6.07, 6.45) is 2.66. The number of halogens is 1. The molecule has 2 aliphatic rings. The number of carbonyl (C=O) groups is 1. The van der Waals surface area contributed by atoms with Crippen molar-refractivity contribution in [3.8, 4) is 0 Å². The van der Waals surface area contributed by atoms with E-state index in [2.05, 4.69) is 41.1 Å². The molecule has 2 aromatic heterocycles. The van der Waals surface area contributed by atoms with Gasteiger partial charge in [-0.05, 0) is 12.5 Å². The molecule has 0 saturated carbocycles. The first-order valence-electron chi connectivity index (χ1n) is 9.43. The third-order valence-corrected chi connectivity index (χ3v) is 5.41. The molecule has 0 spiro atoms. The summed E-state index contributed by atoms with van der Waals surface area (Å²) in [5.74, 6) is 0.0538. The third-order valence-electron chi connectivity index (χ3n) is 5.41. The molecular formula is C19H28ClN5O2. The van der Waals surface area contributed by atoms with Gasteiger partial charge in [-0.1, -0.05) is 25.9 Å². The Balaban J connectivity index is 0.00000210. The van der Waals surface area contributed by atoms with Gasteiger partial charge in [0.15, 0.2) is 0 Å². The lowest BCUT2D eigenvalue weighted by Crippen LogP contribution is -2.49. The number of hydrogen-bond donors (Lipinski definition) is 1. The number of piperazine rings is 1. The smallest absolute Gasteiger partial charge is 0.257 e. The number of pyridine rings is 1. The molecule has 1 N–H and O–H groups in total. The van der Waals surface area contributed by atoms with Crippen molar-refractivity contribution in [3.05, 3.63) is 23.5 Å². The molecule has 0 aromatic carbocycles. The van der Waals surface area contributed by atoms with Crippen molar-refractivity contribution in [1.29, 1.82) is 0 Å². The highest BCUT2D eigenvalue weighted by Crippen LogP contribution is 2.29. The first-order chi connectivity index (χ1) is 12.4. The van der Waals surface area contributed by atoms with Gasteiger partial charge in [0.05, 0.1) is 16.6 Å². The zero-order valence-electron chi connectivity index (χ0n) is 16.2. The van der Waals surface area contributed by atoms with E-state index < -0.39 is 0 Å². The van der Waals surface area contributed by atoms with Crippen LogP contribution in [0.4, 0.5) is 0 Å². The normalized spacial score (nSPS) is 21.4. The summed E-state index contributed by atoms with van der Waals surface area (Å²) in [6.45, 7) is 12.0. The molecule has 7 nitrogen and oxygen atoms in total. The van der Waals surface area contributed by atoms with Crippen LogP contribution < -0.4 is 5.32 Å². The molecule has 27 heavy (non-hydrogen) atoms. The first kappa shape index (κ1) is 20.0. The SMILES string of the molecule is CC(C)(C)c1noc2ncc(C(=O)N3CCC(N4CCNCC4)C3)cc12.Cl. The highest BCUT2D eigenvalue weighted by molar-refractivity contribution is 5.97. The predicted molar refractivity (Wildman–Crippen MR) is 107 cm³/mol. The summed E-state index contributed by atoms with van der Waals surface area (Å²) < 4.78 is 5.33. The zero-order valence-corrected chi connectivity index (χ0v) is 17.0. The standard InChI is InChI=1S/C19H27N5O2.ClH/c1-19(2,3)16-15-10-13(11-21-17(15)26-22-16)18(25)24-7-4-14(12-24)23-8-5-20-6-9-23;/h10-11,14,20H,4-9,12H2,1-3H3;1H. The average Bonchev–Trinajstić information content (AvgIpc) is 3.28. The number of carbonyl (C=O) groups excluding carboxylic acids is 1. The van der Waals surface area contributed by atoms with Crippen molar-refractivity contribution < 1.29 is 9.32 Å². The number of hydrogen-bond acceptors (Lipinski definition) is 6. The van der Waals surface area contributed by atoms with E-state index in [1.807, 2.05) is 11.0 Å². The Bertz CT molecular complexity index is 810. The Labute approximate surface area is 165 Å². The minimum absolute atomic E-state index is 0. The molecule has 8 heteroatoms. The second-order valence-corrected chi connectivity index (χ2v) is 8.34. The fourth-order valence-electron chi connectivity index (χ4n) is 3.94. The zero-order chi connectivity index (χ0) is 18.3. The molecule has 148 valence electrons. The molecule has 0 aliphatic carbocycles. The third kappa shape index (κ3) is 3.95. The minimum atomic E-state index is -0.157. The molecule has 2 aliphatic heterocycles. The number of likely N-dealkylation sites (tertiary alicyclic amines) is 1. The van der Waals surface area contributed by atoms with E-state index in [0.29, 0.717) is 17.3 Å². The van der Waals surface area contributed by atoms with Crippen LogP contribution in [0.2, 0.25) is 0 Å². The van der Waals surface area contributed by atoms with Gasteiger partial charge >= 0.3 is 0 Å². The van der Waals surface area contributed by atoms with Crippen LogP contribution in [-0.2, 0) is 5.41 Å². The highest BCUT2D eigenvalue weighted by Gasteiger charge is 2.32. The molecule has 2 saturated heterocycles. The number of amides is 1. The Morgan fingerprint density at radius 3 is 2.70 bits per heavy atom. The molecule has 0 radical (unpaired) electrons. The molecular weight excluding hydrogens is 366 g/mol. The van der Waals surface area contributed by atoms with Gasteiger partial charge in [-0.2, -0.15) is 0 Å². The van der Waals surface area contributed by atoms with E-state index in [1.165, 1.54) is 0 Å². The van der Waals surface area contributed by atoms with Crippen LogP contribution in [0.15, 0.2) is 16.8 Å². The minimum Gasteiger partial charge on any atom is -0.337 e. The lowest BCUT2D eigenvalue weighted by atomic mass is 9.90. The van der Waals surface area contributed by atoms with Crippen LogP contribution in [0.3, 0.4) is 0 Å². The topological polar surface area (TPSA) is 74.5 Å². The highest BCUT2D eigenvalue weighted by atomic mass is 35.5. The number of fused-ring (bicyclic) bond motifs is 1. The lowest BCUT2D eigenvalue weighted by molar-refractivity contribution is 0.0773. The van der Waals surface area contributed by atoms with Gasteiger partial charge in [-0.25, -0.2) is 4.98 Å². The summed E-state index contributed by atoms with van der Waals surface area (Å²) in [5.41, 5.74) is 1.80. The molecule has 4 heterocycles. The van der Waals surface area contributed by atoms with Gasteiger partial charge in [0.25, 0.3) is 11.6 Å². The molecule has 1 atom stereocenters. The van der Waals surface area contributed by atoms with Gasteiger partial charge in [0.2, 0.25) is 0 Å². The maximum atomic E-state index is 13.0. The second-order valence-electron chi connectivity index (χ2n) is 8.34. The van der Waals surface area contributed by atoms with Crippen LogP contribution in [0.5, 0.6) is 0 Å². The fraction of sp³-hybridized carbons (Fsp3) is 0.632. The van der Waals surface area contributed by atoms with Crippen molar-refractivity contribution in [2.24, 2.45) is 0 Å². The molecule has 1 unspecified atom stereocenters. The maximum Gasteiger partial charge on any atom is 0.257 e. The summed E-state index contributed by atoms with van der Waals surface area (Å²) in [6, 6.07) is 2.36. The van der Waals surface area contributed by atoms with Gasteiger partial charge in [-0.15, -0.1) is 12.4 Å².